The monoisotopic (exact) mass is 279 g/mol. The molecule has 1 fully saturated rings. The van der Waals surface area contributed by atoms with Crippen LogP contribution in [-0.4, -0.2) is 30.1 Å². The Morgan fingerprint density at radius 2 is 2.11 bits per heavy atom. The van der Waals surface area contributed by atoms with Crippen LogP contribution in [0.4, 0.5) is 0 Å². The maximum atomic E-state index is 9.66. The van der Waals surface area contributed by atoms with Gasteiger partial charge in [0, 0.05) is 10.4 Å². The lowest BCUT2D eigenvalue weighted by Gasteiger charge is -2.33. The molecule has 19 heavy (non-hydrogen) atoms. The highest BCUT2D eigenvalue weighted by Crippen LogP contribution is 2.38. The second kappa shape index (κ2) is 6.78. The van der Waals surface area contributed by atoms with Crippen molar-refractivity contribution in [3.05, 3.63) is 29.8 Å². The molecule has 0 amide bonds. The van der Waals surface area contributed by atoms with Crippen molar-refractivity contribution in [3.63, 3.8) is 0 Å². The predicted molar refractivity (Wildman–Crippen MR) is 82.7 cm³/mol. The van der Waals surface area contributed by atoms with Crippen LogP contribution in [0.1, 0.15) is 31.2 Å². The van der Waals surface area contributed by atoms with Crippen molar-refractivity contribution in [2.45, 2.75) is 43.0 Å². The second-order valence-electron chi connectivity index (χ2n) is 5.60. The van der Waals surface area contributed by atoms with E-state index < -0.39 is 0 Å². The van der Waals surface area contributed by atoms with Gasteiger partial charge in [-0.1, -0.05) is 24.1 Å². The first-order valence-electron chi connectivity index (χ1n) is 7.19. The summed E-state index contributed by atoms with van der Waals surface area (Å²) in [5, 5.41) is 13.0. The van der Waals surface area contributed by atoms with Gasteiger partial charge >= 0.3 is 0 Å². The summed E-state index contributed by atoms with van der Waals surface area (Å²) < 4.78 is 0. The minimum absolute atomic E-state index is 0.0200. The van der Waals surface area contributed by atoms with Crippen LogP contribution >= 0.6 is 11.8 Å². The molecule has 0 spiro atoms. The van der Waals surface area contributed by atoms with E-state index >= 15 is 0 Å². The molecule has 1 aliphatic carbocycles. The molecule has 0 aromatic heterocycles. The molecule has 0 saturated heterocycles. The van der Waals surface area contributed by atoms with E-state index in [0.29, 0.717) is 5.92 Å². The third-order valence-corrected chi connectivity index (χ3v) is 5.54. The average molecular weight is 279 g/mol. The molecule has 1 aromatic carbocycles. The smallest absolute Gasteiger partial charge is 0.0615 e. The molecule has 2 N–H and O–H groups in total. The Kier molecular flexibility index (Phi) is 5.31. The van der Waals surface area contributed by atoms with Gasteiger partial charge in [-0.2, -0.15) is 0 Å². The van der Waals surface area contributed by atoms with Crippen molar-refractivity contribution in [3.8, 4) is 0 Å². The maximum absolute atomic E-state index is 9.66. The van der Waals surface area contributed by atoms with Gasteiger partial charge in [-0.3, -0.25) is 0 Å². The number of rotatable bonds is 6. The summed E-state index contributed by atoms with van der Waals surface area (Å²) in [6.07, 6.45) is 4.77. The van der Waals surface area contributed by atoms with Crippen molar-refractivity contribution >= 4 is 11.8 Å². The van der Waals surface area contributed by atoms with E-state index in [9.17, 15) is 5.11 Å². The number of benzene rings is 1. The molecule has 0 radical (unpaired) electrons. The number of hydrogen-bond donors (Lipinski definition) is 2. The summed E-state index contributed by atoms with van der Waals surface area (Å²) >= 11 is 1.93. The molecular formula is C16H25NOS. The molecule has 1 aromatic rings. The first-order valence-corrected chi connectivity index (χ1v) is 8.18. The van der Waals surface area contributed by atoms with Gasteiger partial charge in [-0.15, -0.1) is 11.8 Å². The number of thioether (sulfide) groups is 1. The Hall–Kier alpha value is -0.510. The lowest BCUT2D eigenvalue weighted by molar-refractivity contribution is 0.130. The van der Waals surface area contributed by atoms with Gasteiger partial charge in [0.15, 0.2) is 0 Å². The lowest BCUT2D eigenvalue weighted by Crippen LogP contribution is -2.49. The number of likely N-dealkylation sites (N-methyl/N-ethyl adjacent to an activating group) is 1. The fourth-order valence-corrected chi connectivity index (χ4v) is 4.10. The van der Waals surface area contributed by atoms with Gasteiger partial charge in [0.05, 0.1) is 6.61 Å². The quantitative estimate of drug-likeness (QED) is 0.784. The molecule has 0 aliphatic heterocycles. The number of aryl methyl sites for hydroxylation is 1. The van der Waals surface area contributed by atoms with Crippen LogP contribution < -0.4 is 5.32 Å². The topological polar surface area (TPSA) is 32.3 Å². The van der Waals surface area contributed by atoms with Crippen LogP contribution in [0, 0.1) is 12.8 Å². The van der Waals surface area contributed by atoms with Crippen molar-refractivity contribution in [1.29, 1.82) is 0 Å². The number of hydrogen-bond acceptors (Lipinski definition) is 3. The van der Waals surface area contributed by atoms with Crippen LogP contribution in [0.2, 0.25) is 0 Å². The van der Waals surface area contributed by atoms with E-state index in [-0.39, 0.29) is 12.1 Å². The van der Waals surface area contributed by atoms with Crippen molar-refractivity contribution in [1.82, 2.24) is 5.32 Å². The maximum Gasteiger partial charge on any atom is 0.0615 e. The zero-order valence-electron chi connectivity index (χ0n) is 12.0. The molecule has 2 atom stereocenters. The highest BCUT2D eigenvalue weighted by atomic mass is 32.2. The molecule has 0 heterocycles. The van der Waals surface area contributed by atoms with Crippen LogP contribution in [0.15, 0.2) is 29.2 Å². The molecule has 2 unspecified atom stereocenters. The Balaban J connectivity index is 1.83. The van der Waals surface area contributed by atoms with Crippen LogP contribution in [0.25, 0.3) is 0 Å². The van der Waals surface area contributed by atoms with E-state index in [0.717, 1.165) is 12.2 Å². The number of nitrogens with one attached hydrogen (secondary N) is 1. The first-order chi connectivity index (χ1) is 9.20. The molecule has 1 saturated carbocycles. The van der Waals surface area contributed by atoms with Crippen molar-refractivity contribution < 1.29 is 5.11 Å². The largest absolute Gasteiger partial charge is 0.394 e. The lowest BCUT2D eigenvalue weighted by atomic mass is 9.86. The summed E-state index contributed by atoms with van der Waals surface area (Å²) in [4.78, 5) is 1.35. The Labute approximate surface area is 121 Å². The zero-order valence-corrected chi connectivity index (χ0v) is 12.8. The first kappa shape index (κ1) is 14.9. The molecular weight excluding hydrogens is 254 g/mol. The van der Waals surface area contributed by atoms with Gasteiger partial charge in [0.25, 0.3) is 0 Å². The number of aliphatic hydroxyl groups is 1. The summed E-state index contributed by atoms with van der Waals surface area (Å²) in [5.41, 5.74) is 1.29. The highest BCUT2D eigenvalue weighted by molar-refractivity contribution is 7.99. The summed E-state index contributed by atoms with van der Waals surface area (Å²) in [6, 6.07) is 8.74. The third kappa shape index (κ3) is 3.53. The van der Waals surface area contributed by atoms with E-state index in [1.807, 2.05) is 18.8 Å². The minimum Gasteiger partial charge on any atom is -0.394 e. The van der Waals surface area contributed by atoms with Gasteiger partial charge in [-0.05, 0) is 57.0 Å². The molecule has 106 valence electrons. The van der Waals surface area contributed by atoms with Crippen LogP contribution in [0.5, 0.6) is 0 Å². The van der Waals surface area contributed by atoms with E-state index in [4.69, 9.17) is 0 Å². The molecule has 0 bridgehead atoms. The van der Waals surface area contributed by atoms with E-state index in [2.05, 4.69) is 36.5 Å². The SMILES string of the molecule is CNC1(CO)CCCC1CCSc1ccc(C)cc1. The highest BCUT2D eigenvalue weighted by Gasteiger charge is 2.40. The van der Waals surface area contributed by atoms with Crippen LogP contribution in [0.3, 0.4) is 0 Å². The molecule has 3 heteroatoms. The third-order valence-electron chi connectivity index (χ3n) is 4.49. The normalized spacial score (nSPS) is 26.8. The molecule has 2 rings (SSSR count). The zero-order chi connectivity index (χ0) is 13.7. The molecule has 2 nitrogen and oxygen atoms in total. The summed E-state index contributed by atoms with van der Waals surface area (Å²) in [5.74, 6) is 1.75. The number of aliphatic hydroxyl groups excluding tert-OH is 1. The minimum atomic E-state index is -0.0200. The van der Waals surface area contributed by atoms with Gasteiger partial charge in [0.1, 0.15) is 0 Å². The van der Waals surface area contributed by atoms with Gasteiger partial charge in [-0.25, -0.2) is 0 Å². The van der Waals surface area contributed by atoms with E-state index in [1.54, 1.807) is 0 Å². The fourth-order valence-electron chi connectivity index (χ4n) is 3.13. The summed E-state index contributed by atoms with van der Waals surface area (Å²) in [6.45, 7) is 2.39. The fraction of sp³-hybridized carbons (Fsp3) is 0.625. The predicted octanol–water partition coefficient (Wildman–Crippen LogP) is 3.23. The Morgan fingerprint density at radius 3 is 2.74 bits per heavy atom. The molecule has 1 aliphatic rings. The van der Waals surface area contributed by atoms with Crippen LogP contribution in [-0.2, 0) is 0 Å². The summed E-state index contributed by atoms with van der Waals surface area (Å²) in [7, 11) is 1.99. The Bertz CT molecular complexity index is 386. The standard InChI is InChI=1S/C16H25NOS/c1-13-5-7-15(8-6-13)19-11-9-14-4-3-10-16(14,12-18)17-2/h5-8,14,17-18H,3-4,9-12H2,1-2H3. The Morgan fingerprint density at radius 1 is 1.37 bits per heavy atom. The van der Waals surface area contributed by atoms with Crippen molar-refractivity contribution in [2.24, 2.45) is 5.92 Å². The van der Waals surface area contributed by atoms with Gasteiger partial charge in [0.2, 0.25) is 0 Å². The van der Waals surface area contributed by atoms with Gasteiger partial charge < -0.3 is 10.4 Å². The second-order valence-corrected chi connectivity index (χ2v) is 6.77. The van der Waals surface area contributed by atoms with Crippen molar-refractivity contribution in [2.75, 3.05) is 19.4 Å². The average Bonchev–Trinajstić information content (AvgIpc) is 2.84. The van der Waals surface area contributed by atoms with E-state index in [1.165, 1.54) is 29.7 Å².